The standard InChI is InChI=1S/C46H47N4O.Pt/c1-28(2)34-19-14-20-35(29(3)4)43(34)49-27-40(48-46(49)38-18-9-12-25-42(38)51)32-16-13-17-33(26-32)45-47-39-23-10-11-24-41(39)50(45)44-36(30(5)6)21-15-22-37(44)31(7)8;/h9-25,27-31,51H,1-8H3;/q-1;. The number of imidazole rings is 2. The molecular weight excluding hydrogens is 820 g/mol. The molecule has 0 fully saturated rings. The Hall–Kier alpha value is -4.73. The quantitative estimate of drug-likeness (QED) is 0.147. The number of aromatic hydroxyl groups is 1. The molecule has 52 heavy (non-hydrogen) atoms. The van der Waals surface area contributed by atoms with Crippen LogP contribution in [0.4, 0.5) is 0 Å². The summed E-state index contributed by atoms with van der Waals surface area (Å²) in [5.74, 6) is 2.95. The number of phenols is 1. The van der Waals surface area contributed by atoms with Gasteiger partial charge in [0, 0.05) is 38.6 Å². The summed E-state index contributed by atoms with van der Waals surface area (Å²) in [4.78, 5) is 10.5. The van der Waals surface area contributed by atoms with E-state index in [1.807, 2.05) is 18.2 Å². The summed E-state index contributed by atoms with van der Waals surface area (Å²) < 4.78 is 4.52. The molecule has 0 bridgehead atoms. The van der Waals surface area contributed by atoms with Crippen LogP contribution in [0.5, 0.6) is 5.75 Å². The average Bonchev–Trinajstić information content (AvgIpc) is 3.73. The van der Waals surface area contributed by atoms with Crippen molar-refractivity contribution in [3.8, 4) is 51.2 Å². The second kappa shape index (κ2) is 15.1. The molecule has 0 amide bonds. The van der Waals surface area contributed by atoms with Crippen LogP contribution in [-0.4, -0.2) is 24.2 Å². The fourth-order valence-electron chi connectivity index (χ4n) is 7.27. The number of fused-ring (bicyclic) bond motifs is 1. The molecule has 7 rings (SSSR count). The predicted octanol–water partition coefficient (Wildman–Crippen LogP) is 12.2. The molecule has 0 aliphatic carbocycles. The molecule has 0 aliphatic heterocycles. The Morgan fingerprint density at radius 3 is 1.65 bits per heavy atom. The monoisotopic (exact) mass is 866 g/mol. The van der Waals surface area contributed by atoms with Gasteiger partial charge in [0.05, 0.1) is 28.1 Å². The number of aromatic nitrogens is 4. The number of benzene rings is 5. The van der Waals surface area contributed by atoms with Gasteiger partial charge in [0.1, 0.15) is 11.6 Å². The summed E-state index contributed by atoms with van der Waals surface area (Å²) >= 11 is 0. The maximum atomic E-state index is 11.1. The minimum atomic E-state index is 0. The topological polar surface area (TPSA) is 55.9 Å². The van der Waals surface area contributed by atoms with E-state index in [1.54, 1.807) is 6.07 Å². The van der Waals surface area contributed by atoms with Crippen LogP contribution < -0.4 is 0 Å². The van der Waals surface area contributed by atoms with Crippen molar-refractivity contribution < 1.29 is 26.2 Å². The van der Waals surface area contributed by atoms with Gasteiger partial charge in [-0.3, -0.25) is 9.97 Å². The van der Waals surface area contributed by atoms with Gasteiger partial charge in [0.25, 0.3) is 0 Å². The van der Waals surface area contributed by atoms with Crippen LogP contribution >= 0.6 is 0 Å². The van der Waals surface area contributed by atoms with Crippen LogP contribution in [0.25, 0.3) is 56.4 Å². The molecule has 1 N–H and O–H groups in total. The molecule has 0 saturated heterocycles. The van der Waals surface area contributed by atoms with Crippen molar-refractivity contribution in [2.24, 2.45) is 0 Å². The number of hydrogen-bond donors (Lipinski definition) is 1. The third-order valence-electron chi connectivity index (χ3n) is 9.87. The zero-order valence-corrected chi connectivity index (χ0v) is 33.5. The van der Waals surface area contributed by atoms with Gasteiger partial charge in [-0.1, -0.05) is 127 Å². The van der Waals surface area contributed by atoms with Crippen molar-refractivity contribution in [2.45, 2.75) is 79.1 Å². The Morgan fingerprint density at radius 2 is 1.06 bits per heavy atom. The first-order chi connectivity index (χ1) is 24.5. The summed E-state index contributed by atoms with van der Waals surface area (Å²) in [7, 11) is 0. The molecule has 0 spiro atoms. The van der Waals surface area contributed by atoms with Gasteiger partial charge >= 0.3 is 0 Å². The molecule has 268 valence electrons. The number of para-hydroxylation sites is 5. The van der Waals surface area contributed by atoms with E-state index >= 15 is 0 Å². The summed E-state index contributed by atoms with van der Waals surface area (Å²) in [5, 5.41) is 11.1. The Morgan fingerprint density at radius 1 is 0.538 bits per heavy atom. The molecule has 6 heteroatoms. The number of rotatable bonds is 9. The normalized spacial score (nSPS) is 11.7. The van der Waals surface area contributed by atoms with E-state index in [4.69, 9.17) is 9.97 Å². The zero-order chi connectivity index (χ0) is 36.0. The van der Waals surface area contributed by atoms with Gasteiger partial charge in [-0.15, -0.1) is 24.3 Å². The minimum Gasteiger partial charge on any atom is -0.507 e. The smallest absolute Gasteiger partial charge is 0.140 e. The largest absolute Gasteiger partial charge is 0.507 e. The molecule has 7 aromatic rings. The Balaban J connectivity index is 0.00000464. The third-order valence-corrected chi connectivity index (χ3v) is 9.87. The van der Waals surface area contributed by atoms with E-state index in [0.29, 0.717) is 23.2 Å². The predicted molar refractivity (Wildman–Crippen MR) is 211 cm³/mol. The van der Waals surface area contributed by atoms with E-state index in [2.05, 4.69) is 156 Å². The summed E-state index contributed by atoms with van der Waals surface area (Å²) in [5.41, 5.74) is 12.6. The van der Waals surface area contributed by atoms with Crippen molar-refractivity contribution in [3.63, 3.8) is 0 Å². The fraction of sp³-hybridized carbons (Fsp3) is 0.261. The van der Waals surface area contributed by atoms with Gasteiger partial charge in [-0.2, -0.15) is 0 Å². The second-order valence-electron chi connectivity index (χ2n) is 14.8. The molecule has 0 saturated carbocycles. The molecule has 0 radical (unpaired) electrons. The van der Waals surface area contributed by atoms with Crippen LogP contribution in [0.1, 0.15) is 101 Å². The summed E-state index contributed by atoms with van der Waals surface area (Å²) in [6.07, 6.45) is 2.11. The molecule has 5 nitrogen and oxygen atoms in total. The molecule has 2 heterocycles. The van der Waals surface area contributed by atoms with Crippen molar-refractivity contribution >= 4 is 11.0 Å². The summed E-state index contributed by atoms with van der Waals surface area (Å²) in [6.45, 7) is 17.9. The zero-order valence-electron chi connectivity index (χ0n) is 31.3. The second-order valence-corrected chi connectivity index (χ2v) is 14.8. The molecule has 0 atom stereocenters. The maximum Gasteiger partial charge on any atom is 0.140 e. The van der Waals surface area contributed by atoms with E-state index < -0.39 is 0 Å². The van der Waals surface area contributed by atoms with Gasteiger partial charge < -0.3 is 14.2 Å². The molecular formula is C46H47N4OPt-. The van der Waals surface area contributed by atoms with Crippen LogP contribution in [0, 0.1) is 6.07 Å². The fourth-order valence-corrected chi connectivity index (χ4v) is 7.27. The third kappa shape index (κ3) is 6.68. The minimum absolute atomic E-state index is 0. The van der Waals surface area contributed by atoms with E-state index in [1.165, 1.54) is 27.9 Å². The van der Waals surface area contributed by atoms with E-state index in [-0.39, 0.29) is 38.7 Å². The van der Waals surface area contributed by atoms with Gasteiger partial charge in [-0.25, -0.2) is 0 Å². The Kier molecular flexibility index (Phi) is 10.7. The van der Waals surface area contributed by atoms with Crippen molar-refractivity contribution in [2.75, 3.05) is 0 Å². The van der Waals surface area contributed by atoms with Crippen molar-refractivity contribution in [3.05, 3.63) is 138 Å². The molecule has 0 aliphatic rings. The first-order valence-corrected chi connectivity index (χ1v) is 18.2. The van der Waals surface area contributed by atoms with Crippen molar-refractivity contribution in [1.29, 1.82) is 0 Å². The van der Waals surface area contributed by atoms with Gasteiger partial charge in [0.15, 0.2) is 0 Å². The van der Waals surface area contributed by atoms with Gasteiger partial charge in [0.2, 0.25) is 0 Å². The number of phenolic OH excluding ortho intramolecular Hbond substituents is 1. The van der Waals surface area contributed by atoms with Gasteiger partial charge in [-0.05, 0) is 70.2 Å². The SMILES string of the molecule is CC(C)c1cccc(C(C)C)c1-n1cc(-c2[c-]c(-c3nc4ccccc4n3-c3c(C(C)C)cccc3C(C)C)ccc2)nc1-c1ccccc1O.[Pt]. The van der Waals surface area contributed by atoms with Crippen molar-refractivity contribution in [1.82, 2.24) is 19.1 Å². The van der Waals surface area contributed by atoms with Crippen LogP contribution in [-0.2, 0) is 21.1 Å². The number of hydrogen-bond acceptors (Lipinski definition) is 3. The Labute approximate surface area is 322 Å². The van der Waals surface area contributed by atoms with Crippen LogP contribution in [0.15, 0.2) is 109 Å². The van der Waals surface area contributed by atoms with Crippen LogP contribution in [0.3, 0.4) is 0 Å². The molecule has 0 unspecified atom stereocenters. The van der Waals surface area contributed by atoms with E-state index in [0.717, 1.165) is 39.4 Å². The van der Waals surface area contributed by atoms with Crippen LogP contribution in [0.2, 0.25) is 0 Å². The molecule has 5 aromatic carbocycles. The summed E-state index contributed by atoms with van der Waals surface area (Å²) in [6, 6.07) is 39.1. The first kappa shape index (κ1) is 37.0. The maximum absolute atomic E-state index is 11.1. The first-order valence-electron chi connectivity index (χ1n) is 18.2. The number of nitrogens with zero attached hydrogens (tertiary/aromatic N) is 4. The molecule has 2 aromatic heterocycles. The average molecular weight is 867 g/mol. The Bertz CT molecular complexity index is 2310. The van der Waals surface area contributed by atoms with E-state index in [9.17, 15) is 5.11 Å².